The Labute approximate surface area is 112 Å². The maximum Gasteiger partial charge on any atom is 0.139 e. The second kappa shape index (κ2) is 4.15. The van der Waals surface area contributed by atoms with Crippen LogP contribution in [-0.4, -0.2) is 10.1 Å². The van der Waals surface area contributed by atoms with Gasteiger partial charge in [-0.15, -0.1) is 11.3 Å². The summed E-state index contributed by atoms with van der Waals surface area (Å²) in [7, 11) is 0. The lowest BCUT2D eigenvalue weighted by Gasteiger charge is -2.00. The standard InChI is InChI=1S/C13H9ClN2OS/c14-8-2-4-10-12(6-8)18-13(16-10)7-1-3-9(15)11(17)5-7/h1-6,17H,15H2. The first-order chi connectivity index (χ1) is 8.63. The fourth-order valence-electron chi connectivity index (χ4n) is 1.70. The highest BCUT2D eigenvalue weighted by Crippen LogP contribution is 2.34. The van der Waals surface area contributed by atoms with Gasteiger partial charge in [0.25, 0.3) is 0 Å². The van der Waals surface area contributed by atoms with Gasteiger partial charge >= 0.3 is 0 Å². The van der Waals surface area contributed by atoms with Crippen LogP contribution in [0.15, 0.2) is 36.4 Å². The number of halogens is 1. The molecule has 1 heterocycles. The third-order valence-electron chi connectivity index (χ3n) is 2.63. The highest BCUT2D eigenvalue weighted by Gasteiger charge is 2.08. The van der Waals surface area contributed by atoms with Crippen molar-refractivity contribution >= 4 is 38.8 Å². The van der Waals surface area contributed by atoms with Crippen molar-refractivity contribution in [3.8, 4) is 16.3 Å². The summed E-state index contributed by atoms with van der Waals surface area (Å²) in [6, 6.07) is 10.7. The number of fused-ring (bicyclic) bond motifs is 1. The Morgan fingerprint density at radius 1 is 1.17 bits per heavy atom. The molecule has 0 bridgehead atoms. The Morgan fingerprint density at radius 3 is 2.78 bits per heavy atom. The number of rotatable bonds is 1. The number of anilines is 1. The van der Waals surface area contributed by atoms with Gasteiger partial charge in [-0.25, -0.2) is 4.98 Å². The zero-order valence-corrected chi connectivity index (χ0v) is 10.8. The van der Waals surface area contributed by atoms with Gasteiger partial charge in [-0.1, -0.05) is 11.6 Å². The van der Waals surface area contributed by atoms with E-state index in [0.717, 1.165) is 20.8 Å². The minimum Gasteiger partial charge on any atom is -0.506 e. The number of phenolic OH excluding ortho intramolecular Hbond substituents is 1. The van der Waals surface area contributed by atoms with Crippen LogP contribution in [0.5, 0.6) is 5.75 Å². The summed E-state index contributed by atoms with van der Waals surface area (Å²) in [6.45, 7) is 0. The van der Waals surface area contributed by atoms with Gasteiger partial charge in [0.2, 0.25) is 0 Å². The fraction of sp³-hybridized carbons (Fsp3) is 0. The van der Waals surface area contributed by atoms with E-state index in [4.69, 9.17) is 17.3 Å². The van der Waals surface area contributed by atoms with Crippen molar-refractivity contribution in [2.24, 2.45) is 0 Å². The number of hydrogen-bond acceptors (Lipinski definition) is 4. The summed E-state index contributed by atoms with van der Waals surface area (Å²) in [5.41, 5.74) is 7.69. The van der Waals surface area contributed by atoms with Crippen LogP contribution in [0.2, 0.25) is 5.02 Å². The highest BCUT2D eigenvalue weighted by molar-refractivity contribution is 7.21. The van der Waals surface area contributed by atoms with Crippen LogP contribution in [0.1, 0.15) is 0 Å². The maximum atomic E-state index is 9.61. The van der Waals surface area contributed by atoms with Crippen molar-refractivity contribution in [2.75, 3.05) is 5.73 Å². The van der Waals surface area contributed by atoms with Gasteiger partial charge in [-0.05, 0) is 36.4 Å². The van der Waals surface area contributed by atoms with Crippen molar-refractivity contribution in [2.45, 2.75) is 0 Å². The first kappa shape index (κ1) is 11.3. The first-order valence-electron chi connectivity index (χ1n) is 5.28. The molecule has 90 valence electrons. The Morgan fingerprint density at radius 2 is 2.00 bits per heavy atom. The molecule has 0 saturated heterocycles. The van der Waals surface area contributed by atoms with E-state index in [1.165, 1.54) is 11.3 Å². The van der Waals surface area contributed by atoms with Crippen molar-refractivity contribution < 1.29 is 5.11 Å². The summed E-state index contributed by atoms with van der Waals surface area (Å²) in [5, 5.41) is 11.1. The van der Waals surface area contributed by atoms with Gasteiger partial charge in [0.05, 0.1) is 15.9 Å². The molecule has 3 nitrogen and oxygen atoms in total. The van der Waals surface area contributed by atoms with E-state index in [9.17, 15) is 5.11 Å². The van der Waals surface area contributed by atoms with Crippen molar-refractivity contribution in [1.82, 2.24) is 4.98 Å². The summed E-state index contributed by atoms with van der Waals surface area (Å²) < 4.78 is 1.02. The average molecular weight is 277 g/mol. The summed E-state index contributed by atoms with van der Waals surface area (Å²) >= 11 is 7.47. The molecule has 18 heavy (non-hydrogen) atoms. The molecule has 5 heteroatoms. The van der Waals surface area contributed by atoms with Gasteiger partial charge in [0, 0.05) is 10.6 Å². The highest BCUT2D eigenvalue weighted by atomic mass is 35.5. The zero-order chi connectivity index (χ0) is 12.7. The molecule has 3 rings (SSSR count). The van der Waals surface area contributed by atoms with Crippen LogP contribution in [0, 0.1) is 0 Å². The van der Waals surface area contributed by atoms with Crippen molar-refractivity contribution in [3.05, 3.63) is 41.4 Å². The molecule has 0 spiro atoms. The molecule has 0 aliphatic rings. The molecular formula is C13H9ClN2OS. The number of nitrogens with two attached hydrogens (primary N) is 1. The van der Waals surface area contributed by atoms with E-state index in [0.29, 0.717) is 10.7 Å². The molecule has 0 amide bonds. The normalized spacial score (nSPS) is 10.9. The van der Waals surface area contributed by atoms with Gasteiger partial charge < -0.3 is 10.8 Å². The number of aromatic nitrogens is 1. The van der Waals surface area contributed by atoms with Crippen LogP contribution in [-0.2, 0) is 0 Å². The predicted molar refractivity (Wildman–Crippen MR) is 76.1 cm³/mol. The Bertz CT molecular complexity index is 739. The molecule has 3 aromatic rings. The second-order valence-electron chi connectivity index (χ2n) is 3.90. The Hall–Kier alpha value is -1.78. The predicted octanol–water partition coefficient (Wildman–Crippen LogP) is 3.90. The molecule has 0 atom stereocenters. The number of benzene rings is 2. The number of phenols is 1. The van der Waals surface area contributed by atoms with E-state index in [-0.39, 0.29) is 5.75 Å². The first-order valence-corrected chi connectivity index (χ1v) is 6.48. The monoisotopic (exact) mass is 276 g/mol. The number of thiazole rings is 1. The van der Waals surface area contributed by atoms with Gasteiger partial charge in [0.1, 0.15) is 10.8 Å². The molecule has 0 radical (unpaired) electrons. The van der Waals surface area contributed by atoms with Gasteiger partial charge in [-0.3, -0.25) is 0 Å². The lowest BCUT2D eigenvalue weighted by atomic mass is 10.2. The Balaban J connectivity index is 2.16. The van der Waals surface area contributed by atoms with E-state index in [2.05, 4.69) is 4.98 Å². The fourth-order valence-corrected chi connectivity index (χ4v) is 2.94. The largest absolute Gasteiger partial charge is 0.506 e. The van der Waals surface area contributed by atoms with E-state index < -0.39 is 0 Å². The SMILES string of the molecule is Nc1ccc(-c2nc3ccc(Cl)cc3s2)cc1O. The van der Waals surface area contributed by atoms with Crippen LogP contribution in [0.4, 0.5) is 5.69 Å². The quantitative estimate of drug-likeness (QED) is 0.523. The number of aromatic hydroxyl groups is 1. The smallest absolute Gasteiger partial charge is 0.139 e. The third-order valence-corrected chi connectivity index (χ3v) is 3.93. The number of hydrogen-bond donors (Lipinski definition) is 2. The van der Waals surface area contributed by atoms with E-state index in [1.54, 1.807) is 12.1 Å². The third kappa shape index (κ3) is 1.89. The van der Waals surface area contributed by atoms with Crippen molar-refractivity contribution in [3.63, 3.8) is 0 Å². The second-order valence-corrected chi connectivity index (χ2v) is 5.37. The number of nitrogen functional groups attached to an aromatic ring is 1. The molecular weight excluding hydrogens is 268 g/mol. The molecule has 1 aromatic heterocycles. The minimum absolute atomic E-state index is 0.0739. The average Bonchev–Trinajstić information content (AvgIpc) is 2.75. The van der Waals surface area contributed by atoms with Gasteiger partial charge in [-0.2, -0.15) is 0 Å². The van der Waals surface area contributed by atoms with Crippen LogP contribution in [0.3, 0.4) is 0 Å². The molecule has 0 saturated carbocycles. The molecule has 0 aliphatic heterocycles. The van der Waals surface area contributed by atoms with Crippen LogP contribution in [0.25, 0.3) is 20.8 Å². The van der Waals surface area contributed by atoms with Crippen molar-refractivity contribution in [1.29, 1.82) is 0 Å². The van der Waals surface area contributed by atoms with E-state index in [1.807, 2.05) is 24.3 Å². The summed E-state index contributed by atoms with van der Waals surface area (Å²) in [4.78, 5) is 4.50. The van der Waals surface area contributed by atoms with Gasteiger partial charge in [0.15, 0.2) is 0 Å². The topological polar surface area (TPSA) is 59.1 Å². The lowest BCUT2D eigenvalue weighted by Crippen LogP contribution is -1.85. The maximum absolute atomic E-state index is 9.61. The molecule has 3 N–H and O–H groups in total. The van der Waals surface area contributed by atoms with E-state index >= 15 is 0 Å². The molecule has 0 fully saturated rings. The lowest BCUT2D eigenvalue weighted by molar-refractivity contribution is 0.478. The van der Waals surface area contributed by atoms with Crippen LogP contribution >= 0.6 is 22.9 Å². The zero-order valence-electron chi connectivity index (χ0n) is 9.22. The summed E-state index contributed by atoms with van der Waals surface area (Å²) in [5.74, 6) is 0.0739. The van der Waals surface area contributed by atoms with Crippen LogP contribution < -0.4 is 5.73 Å². The molecule has 0 unspecified atom stereocenters. The summed E-state index contributed by atoms with van der Waals surface area (Å²) in [6.07, 6.45) is 0. The molecule has 2 aromatic carbocycles. The number of nitrogens with zero attached hydrogens (tertiary/aromatic N) is 1. The minimum atomic E-state index is 0.0739. The Kier molecular flexibility index (Phi) is 2.61. The molecule has 0 aliphatic carbocycles.